The Labute approximate surface area is 117 Å². The van der Waals surface area contributed by atoms with Gasteiger partial charge in [-0.1, -0.05) is 12.2 Å². The number of hydrogen-bond donors (Lipinski definition) is 0. The van der Waals surface area contributed by atoms with Crippen LogP contribution in [0.1, 0.15) is 11.1 Å². The fourth-order valence-corrected chi connectivity index (χ4v) is 1.98. The minimum Gasteiger partial charge on any atom is -0.377 e. The van der Waals surface area contributed by atoms with Crippen LogP contribution in [0.15, 0.2) is 18.2 Å². The van der Waals surface area contributed by atoms with Gasteiger partial charge in [0, 0.05) is 77.4 Å². The molecule has 1 aromatic rings. The van der Waals surface area contributed by atoms with Crippen LogP contribution in [0.5, 0.6) is 0 Å². The Morgan fingerprint density at radius 1 is 0.812 bits per heavy atom. The maximum Gasteiger partial charge on any atom is 0.0439 e. The van der Waals surface area contributed by atoms with Crippen LogP contribution in [-0.2, 0) is 25.8 Å². The molecule has 0 atom stereocenters. The summed E-state index contributed by atoms with van der Waals surface area (Å²) in [4.78, 5) is 4.31. The maximum atomic E-state index is 2.18. The molecule has 1 radical (unpaired) electrons. The Morgan fingerprint density at radius 3 is 1.81 bits per heavy atom. The molecule has 0 amide bonds. The molecule has 0 N–H and O–H groups in total. The second-order valence-corrected chi connectivity index (χ2v) is 4.25. The summed E-state index contributed by atoms with van der Waals surface area (Å²) in [6, 6.07) is 4.36. The Morgan fingerprint density at radius 2 is 1.31 bits per heavy atom. The molecular weight excluding hydrogens is 363 g/mol. The number of anilines is 2. The van der Waals surface area contributed by atoms with E-state index >= 15 is 0 Å². The zero-order chi connectivity index (χ0) is 11.0. The standard InChI is InChI=1S/C13H17N2.Hf/c1-14(2)12-8-9-13(15(3)4)11-7-5-6-10(11)12;/h5-9H,1-4H3;. The van der Waals surface area contributed by atoms with E-state index < -0.39 is 0 Å². The van der Waals surface area contributed by atoms with Gasteiger partial charge in [-0.3, -0.25) is 0 Å². The maximum absolute atomic E-state index is 2.18. The molecule has 3 heteroatoms. The van der Waals surface area contributed by atoms with Crippen LogP contribution in [0, 0.1) is 6.42 Å². The van der Waals surface area contributed by atoms with E-state index in [1.807, 2.05) is 0 Å². The predicted octanol–water partition coefficient (Wildman–Crippen LogP) is 2.40. The minimum atomic E-state index is 0. The Bertz CT molecular complexity index is 409. The number of fused-ring (bicyclic) bond motifs is 1. The van der Waals surface area contributed by atoms with Crippen LogP contribution in [-0.4, -0.2) is 28.2 Å². The molecule has 0 bridgehead atoms. The summed E-state index contributed by atoms with van der Waals surface area (Å²) in [5, 5.41) is 0. The molecule has 0 fully saturated rings. The van der Waals surface area contributed by atoms with Gasteiger partial charge in [-0.2, -0.15) is 0 Å². The Kier molecular flexibility index (Phi) is 4.36. The zero-order valence-electron chi connectivity index (χ0n) is 10.3. The van der Waals surface area contributed by atoms with Crippen molar-refractivity contribution in [3.63, 3.8) is 0 Å². The van der Waals surface area contributed by atoms with Crippen molar-refractivity contribution >= 4 is 17.5 Å². The van der Waals surface area contributed by atoms with Gasteiger partial charge in [0.05, 0.1) is 0 Å². The average molecular weight is 380 g/mol. The Balaban J connectivity index is 0.00000128. The molecule has 16 heavy (non-hydrogen) atoms. The topological polar surface area (TPSA) is 6.48 Å². The number of rotatable bonds is 2. The first-order valence-corrected chi connectivity index (χ1v) is 5.14. The van der Waals surface area contributed by atoms with Crippen LogP contribution in [0.4, 0.5) is 11.4 Å². The van der Waals surface area contributed by atoms with Gasteiger partial charge in [0.25, 0.3) is 0 Å². The van der Waals surface area contributed by atoms with E-state index in [1.54, 1.807) is 0 Å². The first kappa shape index (κ1) is 13.5. The first-order chi connectivity index (χ1) is 7.11. The molecule has 1 aromatic carbocycles. The molecule has 0 heterocycles. The normalized spacial score (nSPS) is 12.0. The third-order valence-electron chi connectivity index (χ3n) is 2.73. The molecule has 1 aliphatic carbocycles. The monoisotopic (exact) mass is 381 g/mol. The summed E-state index contributed by atoms with van der Waals surface area (Å²) >= 11 is 0. The molecule has 0 unspecified atom stereocenters. The quantitative estimate of drug-likeness (QED) is 0.728. The van der Waals surface area contributed by atoms with Gasteiger partial charge in [0.15, 0.2) is 0 Å². The molecule has 2 rings (SSSR count). The number of nitrogens with zero attached hydrogens (tertiary/aromatic N) is 2. The summed E-state index contributed by atoms with van der Waals surface area (Å²) in [6.45, 7) is 0. The van der Waals surface area contributed by atoms with E-state index in [2.05, 4.69) is 68.7 Å². The van der Waals surface area contributed by atoms with Gasteiger partial charge < -0.3 is 9.80 Å². The molecular formula is C13H17HfN2. The Hall–Kier alpha value is -0.570. The summed E-state index contributed by atoms with van der Waals surface area (Å²) < 4.78 is 0. The fraction of sp³-hybridized carbons (Fsp3) is 0.308. The number of allylic oxidation sites excluding steroid dienone is 1. The van der Waals surface area contributed by atoms with Crippen molar-refractivity contribution in [2.75, 3.05) is 38.0 Å². The van der Waals surface area contributed by atoms with Crippen LogP contribution >= 0.6 is 0 Å². The van der Waals surface area contributed by atoms with Crippen molar-refractivity contribution in [2.24, 2.45) is 0 Å². The summed E-state index contributed by atoms with van der Waals surface area (Å²) in [6.07, 6.45) is 6.47. The van der Waals surface area contributed by atoms with Gasteiger partial charge >= 0.3 is 0 Å². The molecule has 0 aromatic heterocycles. The van der Waals surface area contributed by atoms with Crippen molar-refractivity contribution in [2.45, 2.75) is 0 Å². The van der Waals surface area contributed by atoms with Gasteiger partial charge in [-0.05, 0) is 17.7 Å². The average Bonchev–Trinajstić information content (AvgIpc) is 2.63. The van der Waals surface area contributed by atoms with E-state index in [9.17, 15) is 0 Å². The van der Waals surface area contributed by atoms with Gasteiger partial charge in [0.2, 0.25) is 0 Å². The molecule has 0 saturated heterocycles. The van der Waals surface area contributed by atoms with E-state index in [0.29, 0.717) is 0 Å². The molecule has 1 aliphatic rings. The van der Waals surface area contributed by atoms with Crippen molar-refractivity contribution in [3.8, 4) is 0 Å². The van der Waals surface area contributed by atoms with Crippen LogP contribution in [0.3, 0.4) is 0 Å². The largest absolute Gasteiger partial charge is 0.377 e. The predicted molar refractivity (Wildman–Crippen MR) is 67.5 cm³/mol. The minimum absolute atomic E-state index is 0. The smallest absolute Gasteiger partial charge is 0.0439 e. The van der Waals surface area contributed by atoms with Gasteiger partial charge in [-0.15, -0.1) is 0 Å². The molecule has 0 spiro atoms. The first-order valence-electron chi connectivity index (χ1n) is 5.14. The summed E-state index contributed by atoms with van der Waals surface area (Å²) in [5.74, 6) is 0. The van der Waals surface area contributed by atoms with E-state index in [1.165, 1.54) is 22.5 Å². The van der Waals surface area contributed by atoms with Gasteiger partial charge in [-0.25, -0.2) is 0 Å². The van der Waals surface area contributed by atoms with E-state index in [4.69, 9.17) is 0 Å². The number of hydrogen-bond acceptors (Lipinski definition) is 2. The van der Waals surface area contributed by atoms with E-state index in [-0.39, 0.29) is 25.8 Å². The van der Waals surface area contributed by atoms with Crippen LogP contribution < -0.4 is 9.80 Å². The van der Waals surface area contributed by atoms with Crippen molar-refractivity contribution in [1.29, 1.82) is 0 Å². The third-order valence-corrected chi connectivity index (χ3v) is 2.73. The van der Waals surface area contributed by atoms with Crippen LogP contribution in [0.25, 0.3) is 6.08 Å². The number of benzene rings is 1. The molecule has 0 saturated carbocycles. The van der Waals surface area contributed by atoms with E-state index in [0.717, 1.165) is 0 Å². The zero-order valence-corrected chi connectivity index (χ0v) is 13.9. The van der Waals surface area contributed by atoms with Crippen molar-refractivity contribution < 1.29 is 25.8 Å². The van der Waals surface area contributed by atoms with Gasteiger partial charge in [0.1, 0.15) is 0 Å². The van der Waals surface area contributed by atoms with Crippen molar-refractivity contribution in [3.05, 3.63) is 35.8 Å². The summed E-state index contributed by atoms with van der Waals surface area (Å²) in [7, 11) is 8.32. The second kappa shape index (κ2) is 5.17. The molecule has 0 aliphatic heterocycles. The van der Waals surface area contributed by atoms with Crippen molar-refractivity contribution in [1.82, 2.24) is 0 Å². The third kappa shape index (κ3) is 2.24. The SMILES string of the molecule is CN(C)c1ccc(N(C)C)c2c1[CH]C=C2.[Hf]. The molecule has 2 nitrogen and oxygen atoms in total. The van der Waals surface area contributed by atoms with Crippen LogP contribution in [0.2, 0.25) is 0 Å². The fourth-order valence-electron chi connectivity index (χ4n) is 1.98. The second-order valence-electron chi connectivity index (χ2n) is 4.25. The molecule has 83 valence electrons. The summed E-state index contributed by atoms with van der Waals surface area (Å²) in [5.41, 5.74) is 5.21.